The van der Waals surface area contributed by atoms with E-state index < -0.39 is 11.5 Å². The van der Waals surface area contributed by atoms with Crippen LogP contribution in [0.3, 0.4) is 0 Å². The maximum Gasteiger partial charge on any atom is 0.233 e. The lowest BCUT2D eigenvalue weighted by atomic mass is 9.72. The Labute approximate surface area is 155 Å². The van der Waals surface area contributed by atoms with Crippen LogP contribution >= 0.6 is 11.6 Å². The Morgan fingerprint density at radius 2 is 1.88 bits per heavy atom. The highest BCUT2D eigenvalue weighted by molar-refractivity contribution is 6.30. The van der Waals surface area contributed by atoms with Crippen molar-refractivity contribution in [1.29, 1.82) is 0 Å². The van der Waals surface area contributed by atoms with Gasteiger partial charge in [-0.1, -0.05) is 43.0 Å². The van der Waals surface area contributed by atoms with Gasteiger partial charge in [-0.2, -0.15) is 0 Å². The van der Waals surface area contributed by atoms with E-state index in [1.807, 2.05) is 29.2 Å². The van der Waals surface area contributed by atoms with Crippen molar-refractivity contribution in [1.82, 2.24) is 10.2 Å². The molecule has 3 atom stereocenters. The molecule has 0 bridgehead atoms. The van der Waals surface area contributed by atoms with Crippen molar-refractivity contribution >= 4 is 17.5 Å². The van der Waals surface area contributed by atoms with Crippen molar-refractivity contribution < 1.29 is 9.90 Å². The van der Waals surface area contributed by atoms with E-state index >= 15 is 0 Å². The van der Waals surface area contributed by atoms with Crippen molar-refractivity contribution in [2.75, 3.05) is 13.1 Å². The summed E-state index contributed by atoms with van der Waals surface area (Å²) in [5, 5.41) is 15.5. The molecule has 1 saturated heterocycles. The molecular formula is C20H29ClN2O2. The first-order valence-corrected chi connectivity index (χ1v) is 9.79. The molecular weight excluding hydrogens is 336 g/mol. The summed E-state index contributed by atoms with van der Waals surface area (Å²) in [5.41, 5.74) is -0.141. The number of halogens is 1. The highest BCUT2D eigenvalue weighted by Crippen LogP contribution is 2.41. The van der Waals surface area contributed by atoms with Crippen LogP contribution in [0.4, 0.5) is 0 Å². The molecule has 1 aliphatic carbocycles. The van der Waals surface area contributed by atoms with Gasteiger partial charge in [-0.3, -0.25) is 4.79 Å². The molecule has 0 aromatic heterocycles. The number of nitrogens with zero attached hydrogens (tertiary/aromatic N) is 1. The number of carbonyl (C=O) groups is 1. The largest absolute Gasteiger partial charge is 0.389 e. The second-order valence-corrected chi connectivity index (χ2v) is 8.30. The molecule has 3 rings (SSSR count). The molecule has 25 heavy (non-hydrogen) atoms. The fourth-order valence-electron chi connectivity index (χ4n) is 4.51. The quantitative estimate of drug-likeness (QED) is 0.865. The first-order valence-electron chi connectivity index (χ1n) is 9.42. The molecule has 1 aromatic rings. The van der Waals surface area contributed by atoms with Crippen LogP contribution < -0.4 is 5.32 Å². The maximum absolute atomic E-state index is 13.5. The standard InChI is InChI=1S/C20H29ClN2O2/c1-14-12-23(13-15(2)22-14)19(24)18(16-7-6-8-17(21)11-16)20(25)9-4-3-5-10-20/h6-8,11,14-15,18,22,25H,3-5,9-10,12-13H2,1-2H3/t14-,15+,18?. The Morgan fingerprint density at radius 1 is 1.24 bits per heavy atom. The van der Waals surface area contributed by atoms with E-state index in [0.29, 0.717) is 31.0 Å². The topological polar surface area (TPSA) is 52.6 Å². The van der Waals surface area contributed by atoms with E-state index in [2.05, 4.69) is 19.2 Å². The van der Waals surface area contributed by atoms with E-state index in [4.69, 9.17) is 11.6 Å². The molecule has 138 valence electrons. The van der Waals surface area contributed by atoms with Crippen LogP contribution in [0.2, 0.25) is 5.02 Å². The van der Waals surface area contributed by atoms with Gasteiger partial charge in [0, 0.05) is 30.2 Å². The number of hydrogen-bond acceptors (Lipinski definition) is 3. The van der Waals surface area contributed by atoms with Gasteiger partial charge in [0.2, 0.25) is 5.91 Å². The van der Waals surface area contributed by atoms with Gasteiger partial charge in [0.1, 0.15) is 0 Å². The number of rotatable bonds is 3. The lowest BCUT2D eigenvalue weighted by Gasteiger charge is -2.43. The molecule has 1 heterocycles. The average molecular weight is 365 g/mol. The van der Waals surface area contributed by atoms with Crippen LogP contribution in [0.15, 0.2) is 24.3 Å². The fourth-order valence-corrected chi connectivity index (χ4v) is 4.71. The van der Waals surface area contributed by atoms with Crippen LogP contribution in [0, 0.1) is 0 Å². The number of benzene rings is 1. The van der Waals surface area contributed by atoms with E-state index in [0.717, 1.165) is 24.8 Å². The van der Waals surface area contributed by atoms with E-state index in [9.17, 15) is 9.90 Å². The summed E-state index contributed by atoms with van der Waals surface area (Å²) in [6.45, 7) is 5.55. The van der Waals surface area contributed by atoms with Gasteiger partial charge in [-0.15, -0.1) is 0 Å². The number of piperazine rings is 1. The van der Waals surface area contributed by atoms with Gasteiger partial charge in [0.15, 0.2) is 0 Å². The highest BCUT2D eigenvalue weighted by Gasteiger charge is 2.45. The Bertz CT molecular complexity index is 605. The number of aliphatic hydroxyl groups is 1. The Kier molecular flexibility index (Phi) is 5.71. The SMILES string of the molecule is C[C@@H]1CN(C(=O)C(c2cccc(Cl)c2)C2(O)CCCCC2)C[C@H](C)N1. The van der Waals surface area contributed by atoms with Crippen LogP contribution in [0.5, 0.6) is 0 Å². The zero-order valence-electron chi connectivity index (χ0n) is 15.2. The minimum Gasteiger partial charge on any atom is -0.389 e. The normalized spacial score (nSPS) is 27.8. The van der Waals surface area contributed by atoms with Crippen LogP contribution in [0.25, 0.3) is 0 Å². The van der Waals surface area contributed by atoms with Crippen molar-refractivity contribution in [2.24, 2.45) is 0 Å². The molecule has 4 nitrogen and oxygen atoms in total. The van der Waals surface area contributed by atoms with E-state index in [-0.39, 0.29) is 18.0 Å². The second kappa shape index (κ2) is 7.65. The van der Waals surface area contributed by atoms with Gasteiger partial charge >= 0.3 is 0 Å². The van der Waals surface area contributed by atoms with Crippen LogP contribution in [-0.4, -0.2) is 46.7 Å². The lowest BCUT2D eigenvalue weighted by Crippen LogP contribution is -2.58. The van der Waals surface area contributed by atoms with Crippen molar-refractivity contribution in [2.45, 2.75) is 69.6 Å². The molecule has 1 aliphatic heterocycles. The first-order chi connectivity index (χ1) is 11.9. The van der Waals surface area contributed by atoms with Gasteiger partial charge < -0.3 is 15.3 Å². The minimum atomic E-state index is -0.975. The predicted octanol–water partition coefficient (Wildman–Crippen LogP) is 3.33. The minimum absolute atomic E-state index is 0.0341. The molecule has 2 fully saturated rings. The maximum atomic E-state index is 13.5. The first kappa shape index (κ1) is 18.7. The van der Waals surface area contributed by atoms with E-state index in [1.54, 1.807) is 0 Å². The summed E-state index contributed by atoms with van der Waals surface area (Å²) in [4.78, 5) is 15.4. The van der Waals surface area contributed by atoms with Gasteiger partial charge in [-0.05, 0) is 44.4 Å². The summed E-state index contributed by atoms with van der Waals surface area (Å²) in [7, 11) is 0. The lowest BCUT2D eigenvalue weighted by molar-refractivity contribution is -0.143. The molecule has 1 unspecified atom stereocenters. The number of nitrogens with one attached hydrogen (secondary N) is 1. The third-order valence-corrected chi connectivity index (χ3v) is 5.79. The number of hydrogen-bond donors (Lipinski definition) is 2. The molecule has 0 spiro atoms. The zero-order valence-corrected chi connectivity index (χ0v) is 15.9. The molecule has 2 aliphatic rings. The predicted molar refractivity (Wildman–Crippen MR) is 101 cm³/mol. The van der Waals surface area contributed by atoms with Crippen molar-refractivity contribution in [3.63, 3.8) is 0 Å². The molecule has 1 amide bonds. The average Bonchev–Trinajstić information content (AvgIpc) is 2.54. The Morgan fingerprint density at radius 3 is 2.48 bits per heavy atom. The van der Waals surface area contributed by atoms with Crippen molar-refractivity contribution in [3.8, 4) is 0 Å². The summed E-state index contributed by atoms with van der Waals surface area (Å²) in [6.07, 6.45) is 4.41. The van der Waals surface area contributed by atoms with Gasteiger partial charge in [0.05, 0.1) is 11.5 Å². The van der Waals surface area contributed by atoms with Crippen molar-refractivity contribution in [3.05, 3.63) is 34.9 Å². The van der Waals surface area contributed by atoms with Gasteiger partial charge in [0.25, 0.3) is 0 Å². The summed E-state index contributed by atoms with van der Waals surface area (Å²) >= 11 is 6.19. The summed E-state index contributed by atoms with van der Waals surface area (Å²) in [5.74, 6) is -0.504. The second-order valence-electron chi connectivity index (χ2n) is 7.86. The van der Waals surface area contributed by atoms with E-state index in [1.165, 1.54) is 0 Å². The Hall–Kier alpha value is -1.10. The van der Waals surface area contributed by atoms with Crippen LogP contribution in [0.1, 0.15) is 57.4 Å². The summed E-state index contributed by atoms with van der Waals surface area (Å²) in [6, 6.07) is 7.96. The molecule has 2 N–H and O–H groups in total. The smallest absolute Gasteiger partial charge is 0.233 e. The monoisotopic (exact) mass is 364 g/mol. The molecule has 0 radical (unpaired) electrons. The summed E-state index contributed by atoms with van der Waals surface area (Å²) < 4.78 is 0. The fraction of sp³-hybridized carbons (Fsp3) is 0.650. The zero-order chi connectivity index (χ0) is 18.0. The molecule has 5 heteroatoms. The molecule has 1 aromatic carbocycles. The third kappa shape index (κ3) is 4.18. The molecule has 1 saturated carbocycles. The number of amides is 1. The Balaban J connectivity index is 1.94. The van der Waals surface area contributed by atoms with Gasteiger partial charge in [-0.25, -0.2) is 0 Å². The number of carbonyl (C=O) groups excluding carboxylic acids is 1. The third-order valence-electron chi connectivity index (χ3n) is 5.55. The van der Waals surface area contributed by atoms with Crippen LogP contribution in [-0.2, 0) is 4.79 Å². The highest BCUT2D eigenvalue weighted by atomic mass is 35.5.